The largest absolute Gasteiger partial charge is 0.317 e. The molecule has 0 amide bonds. The van der Waals surface area contributed by atoms with Crippen LogP contribution < -0.4 is 10.6 Å². The number of piperidine rings is 2. The van der Waals surface area contributed by atoms with Crippen LogP contribution in [0.15, 0.2) is 0 Å². The summed E-state index contributed by atoms with van der Waals surface area (Å²) in [4.78, 5) is 5.21. The van der Waals surface area contributed by atoms with Gasteiger partial charge in [0.15, 0.2) is 0 Å². The summed E-state index contributed by atoms with van der Waals surface area (Å²) in [6.45, 7) is 20.3. The molecule has 0 aliphatic carbocycles. The number of likely N-dealkylation sites (tertiary alicyclic amines) is 1. The fraction of sp³-hybridized carbons (Fsp3) is 1.00. The van der Waals surface area contributed by atoms with E-state index in [0.29, 0.717) is 0 Å². The average Bonchev–Trinajstić information content (AvgIpc) is 2.55. The maximum atomic E-state index is 3.86. The molecule has 2 N–H and O–H groups in total. The molecule has 2 fully saturated rings. The molecule has 0 radical (unpaired) electrons. The van der Waals surface area contributed by atoms with Crippen molar-refractivity contribution in [3.05, 3.63) is 0 Å². The van der Waals surface area contributed by atoms with Gasteiger partial charge in [-0.25, -0.2) is 0 Å². The van der Waals surface area contributed by atoms with Crippen LogP contribution in [0.2, 0.25) is 0 Å². The lowest BCUT2D eigenvalue weighted by atomic mass is 9.92. The van der Waals surface area contributed by atoms with Crippen molar-refractivity contribution in [1.82, 2.24) is 20.4 Å². The molecule has 4 heteroatoms. The van der Waals surface area contributed by atoms with Gasteiger partial charge < -0.3 is 20.4 Å². The monoisotopic (exact) mass is 352 g/mol. The molecule has 0 spiro atoms. The zero-order chi connectivity index (χ0) is 18.5. The van der Waals surface area contributed by atoms with E-state index >= 15 is 0 Å². The van der Waals surface area contributed by atoms with Gasteiger partial charge in [-0.2, -0.15) is 0 Å². The highest BCUT2D eigenvalue weighted by molar-refractivity contribution is 4.86. The van der Waals surface area contributed by atoms with Crippen LogP contribution in [0.4, 0.5) is 0 Å². The molecule has 2 rings (SSSR count). The second kappa shape index (κ2) is 9.16. The molecule has 0 aromatic heterocycles. The van der Waals surface area contributed by atoms with Crippen molar-refractivity contribution in [2.24, 2.45) is 11.8 Å². The van der Waals surface area contributed by atoms with Crippen LogP contribution >= 0.6 is 0 Å². The van der Waals surface area contributed by atoms with Crippen molar-refractivity contribution in [2.75, 3.05) is 52.9 Å². The molecular weight excluding hydrogens is 308 g/mol. The molecule has 0 atom stereocenters. The minimum Gasteiger partial charge on any atom is -0.317 e. The van der Waals surface area contributed by atoms with Crippen LogP contribution in [0, 0.1) is 11.8 Å². The SMILES string of the molecule is CN(CC1CCN(CC(C)(C)NCC2CCNCC2)CC1)C(C)(C)C. The normalized spacial score (nSPS) is 22.7. The Bertz CT molecular complexity index is 374. The van der Waals surface area contributed by atoms with Gasteiger partial charge in [0.1, 0.15) is 0 Å². The molecule has 2 aliphatic heterocycles. The average molecular weight is 353 g/mol. The molecule has 0 bridgehead atoms. The zero-order valence-corrected chi connectivity index (χ0v) is 17.8. The van der Waals surface area contributed by atoms with Crippen LogP contribution in [0.3, 0.4) is 0 Å². The van der Waals surface area contributed by atoms with Crippen molar-refractivity contribution < 1.29 is 0 Å². The number of hydrogen-bond donors (Lipinski definition) is 2. The van der Waals surface area contributed by atoms with Crippen molar-refractivity contribution in [3.63, 3.8) is 0 Å². The van der Waals surface area contributed by atoms with Gasteiger partial charge in [-0.05, 0) is 112 Å². The molecule has 148 valence electrons. The van der Waals surface area contributed by atoms with Gasteiger partial charge in [-0.15, -0.1) is 0 Å². The van der Waals surface area contributed by atoms with Crippen molar-refractivity contribution in [2.45, 2.75) is 71.4 Å². The van der Waals surface area contributed by atoms with Gasteiger partial charge >= 0.3 is 0 Å². The summed E-state index contributed by atoms with van der Waals surface area (Å²) in [7, 11) is 2.28. The van der Waals surface area contributed by atoms with Crippen molar-refractivity contribution in [3.8, 4) is 0 Å². The van der Waals surface area contributed by atoms with Gasteiger partial charge in [-0.3, -0.25) is 0 Å². The molecule has 2 heterocycles. The summed E-state index contributed by atoms with van der Waals surface area (Å²) < 4.78 is 0. The van der Waals surface area contributed by atoms with E-state index in [0.717, 1.165) is 11.8 Å². The molecule has 0 aromatic rings. The topological polar surface area (TPSA) is 30.5 Å². The highest BCUT2D eigenvalue weighted by Crippen LogP contribution is 2.23. The second-order valence-corrected chi connectivity index (χ2v) is 10.2. The highest BCUT2D eigenvalue weighted by Gasteiger charge is 2.28. The Hall–Kier alpha value is -0.160. The first-order chi connectivity index (χ1) is 11.7. The Morgan fingerprint density at radius 3 is 2.12 bits per heavy atom. The summed E-state index contributed by atoms with van der Waals surface area (Å²) in [5.41, 5.74) is 0.512. The van der Waals surface area contributed by atoms with Gasteiger partial charge in [0.2, 0.25) is 0 Å². The first-order valence-electron chi connectivity index (χ1n) is 10.5. The standard InChI is InChI=1S/C21H44N4/c1-20(2,3)24(6)16-19-9-13-25(14-10-19)17-21(4,5)23-15-18-7-11-22-12-8-18/h18-19,22-23H,7-17H2,1-6H3. The van der Waals surface area contributed by atoms with E-state index in [1.54, 1.807) is 0 Å². The molecule has 0 saturated carbocycles. The molecule has 0 unspecified atom stereocenters. The fourth-order valence-corrected chi connectivity index (χ4v) is 4.11. The summed E-state index contributed by atoms with van der Waals surface area (Å²) in [5.74, 6) is 1.73. The molecule has 4 nitrogen and oxygen atoms in total. The van der Waals surface area contributed by atoms with Crippen LogP contribution in [0.1, 0.15) is 60.3 Å². The van der Waals surface area contributed by atoms with E-state index in [2.05, 4.69) is 62.1 Å². The Morgan fingerprint density at radius 2 is 1.56 bits per heavy atom. The molecule has 2 aliphatic rings. The van der Waals surface area contributed by atoms with E-state index in [1.807, 2.05) is 0 Å². The van der Waals surface area contributed by atoms with Crippen LogP contribution in [0.5, 0.6) is 0 Å². The predicted octanol–water partition coefficient (Wildman–Crippen LogP) is 2.80. The number of hydrogen-bond acceptors (Lipinski definition) is 4. The third-order valence-corrected chi connectivity index (χ3v) is 6.33. The van der Waals surface area contributed by atoms with Gasteiger partial charge in [-0.1, -0.05) is 0 Å². The first-order valence-corrected chi connectivity index (χ1v) is 10.5. The minimum absolute atomic E-state index is 0.222. The third kappa shape index (κ3) is 7.54. The second-order valence-electron chi connectivity index (χ2n) is 10.2. The van der Waals surface area contributed by atoms with Crippen molar-refractivity contribution >= 4 is 0 Å². The molecule has 0 aromatic carbocycles. The Balaban J connectivity index is 1.67. The summed E-state index contributed by atoms with van der Waals surface area (Å²) >= 11 is 0. The summed E-state index contributed by atoms with van der Waals surface area (Å²) in [6, 6.07) is 0. The first kappa shape index (κ1) is 21.1. The van der Waals surface area contributed by atoms with Gasteiger partial charge in [0.05, 0.1) is 0 Å². The molecular formula is C21H44N4. The molecule has 2 saturated heterocycles. The maximum absolute atomic E-state index is 3.86. The number of nitrogens with one attached hydrogen (secondary N) is 2. The smallest absolute Gasteiger partial charge is 0.0252 e. The zero-order valence-electron chi connectivity index (χ0n) is 17.8. The number of nitrogens with zero attached hydrogens (tertiary/aromatic N) is 2. The number of rotatable bonds is 7. The maximum Gasteiger partial charge on any atom is 0.0252 e. The van der Waals surface area contributed by atoms with E-state index in [9.17, 15) is 0 Å². The Labute approximate surface area is 157 Å². The summed E-state index contributed by atoms with van der Waals surface area (Å²) in [5, 5.41) is 7.33. The Kier molecular flexibility index (Phi) is 7.75. The van der Waals surface area contributed by atoms with Crippen LogP contribution in [0.25, 0.3) is 0 Å². The van der Waals surface area contributed by atoms with Crippen LogP contribution in [-0.2, 0) is 0 Å². The minimum atomic E-state index is 0.222. The van der Waals surface area contributed by atoms with Crippen LogP contribution in [-0.4, -0.2) is 73.7 Å². The quantitative estimate of drug-likeness (QED) is 0.738. The lowest BCUT2D eigenvalue weighted by Gasteiger charge is -2.41. The lowest BCUT2D eigenvalue weighted by Crippen LogP contribution is -2.53. The molecule has 25 heavy (non-hydrogen) atoms. The Morgan fingerprint density at radius 1 is 0.960 bits per heavy atom. The highest BCUT2D eigenvalue weighted by atomic mass is 15.2. The van der Waals surface area contributed by atoms with Gasteiger partial charge in [0.25, 0.3) is 0 Å². The predicted molar refractivity (Wildman–Crippen MR) is 109 cm³/mol. The third-order valence-electron chi connectivity index (χ3n) is 6.33. The van der Waals surface area contributed by atoms with E-state index in [1.165, 1.54) is 71.5 Å². The van der Waals surface area contributed by atoms with E-state index in [4.69, 9.17) is 0 Å². The lowest BCUT2D eigenvalue weighted by molar-refractivity contribution is 0.0955. The summed E-state index contributed by atoms with van der Waals surface area (Å²) in [6.07, 6.45) is 5.36. The fourth-order valence-electron chi connectivity index (χ4n) is 4.11. The van der Waals surface area contributed by atoms with Crippen molar-refractivity contribution in [1.29, 1.82) is 0 Å². The van der Waals surface area contributed by atoms with Gasteiger partial charge in [0, 0.05) is 24.2 Å². The van der Waals surface area contributed by atoms with E-state index < -0.39 is 0 Å². The van der Waals surface area contributed by atoms with E-state index in [-0.39, 0.29) is 11.1 Å².